The molecular formula is C20H25F3N4OS. The van der Waals surface area contributed by atoms with Gasteiger partial charge >= 0.3 is 6.18 Å². The molecule has 9 heteroatoms. The van der Waals surface area contributed by atoms with Crippen molar-refractivity contribution in [2.75, 3.05) is 0 Å². The zero-order valence-electron chi connectivity index (χ0n) is 17.1. The van der Waals surface area contributed by atoms with Crippen LogP contribution in [-0.4, -0.2) is 26.2 Å². The maximum Gasteiger partial charge on any atom is 0.416 e. The van der Waals surface area contributed by atoms with Crippen LogP contribution in [-0.2, 0) is 17.5 Å². The van der Waals surface area contributed by atoms with Gasteiger partial charge in [-0.15, -0.1) is 0 Å². The summed E-state index contributed by atoms with van der Waals surface area (Å²) in [5.41, 5.74) is -0.894. The Kier molecular flexibility index (Phi) is 6.89. The van der Waals surface area contributed by atoms with E-state index in [0.29, 0.717) is 29.2 Å². The number of hydrogen-bond donors (Lipinski definition) is 1. The number of alkyl halides is 3. The monoisotopic (exact) mass is 426 g/mol. The van der Waals surface area contributed by atoms with Crippen LogP contribution in [0.4, 0.5) is 13.2 Å². The van der Waals surface area contributed by atoms with E-state index in [-0.39, 0.29) is 11.8 Å². The van der Waals surface area contributed by atoms with Crippen LogP contribution in [0.5, 0.6) is 0 Å². The van der Waals surface area contributed by atoms with Gasteiger partial charge in [-0.3, -0.25) is 4.79 Å². The fourth-order valence-electron chi connectivity index (χ4n) is 2.68. The number of nitrogens with zero attached hydrogens (tertiary/aromatic N) is 3. The molecule has 0 fully saturated rings. The molecule has 1 heterocycles. The minimum atomic E-state index is -4.44. The number of hydrogen-bond acceptors (Lipinski definition) is 4. The van der Waals surface area contributed by atoms with E-state index in [4.69, 9.17) is 0 Å². The Hall–Kier alpha value is -2.21. The number of thioether (sulfide) groups is 1. The third-order valence-corrected chi connectivity index (χ3v) is 6.00. The fourth-order valence-corrected chi connectivity index (χ4v) is 3.63. The zero-order valence-corrected chi connectivity index (χ0v) is 17.9. The number of carbonyl (C=O) groups excluding carboxylic acids is 1. The van der Waals surface area contributed by atoms with Gasteiger partial charge < -0.3 is 9.88 Å². The highest BCUT2D eigenvalue weighted by Crippen LogP contribution is 2.34. The molecule has 0 aliphatic rings. The van der Waals surface area contributed by atoms with Gasteiger partial charge in [0, 0.05) is 6.54 Å². The Balaban J connectivity index is 2.34. The van der Waals surface area contributed by atoms with Crippen molar-refractivity contribution in [2.24, 2.45) is 5.92 Å². The lowest BCUT2D eigenvalue weighted by molar-refractivity contribution is -0.137. The fraction of sp³-hybridized carbons (Fsp3) is 0.550. The molecule has 1 N–H and O–H groups in total. The van der Waals surface area contributed by atoms with Crippen LogP contribution in [0.1, 0.15) is 46.6 Å². The first-order valence-electron chi connectivity index (χ1n) is 9.40. The lowest BCUT2D eigenvalue weighted by Gasteiger charge is -2.28. The number of aryl methyl sites for hydroxylation is 1. The Morgan fingerprint density at radius 2 is 2.00 bits per heavy atom. The van der Waals surface area contributed by atoms with E-state index >= 15 is 0 Å². The summed E-state index contributed by atoms with van der Waals surface area (Å²) in [6.07, 6.45) is -3.73. The number of fused-ring (bicyclic) bond motifs is 1. The number of benzene rings is 1. The van der Waals surface area contributed by atoms with Crippen LogP contribution in [0.15, 0.2) is 23.4 Å². The molecule has 0 spiro atoms. The van der Waals surface area contributed by atoms with E-state index in [1.165, 1.54) is 17.8 Å². The number of rotatable bonds is 7. The van der Waals surface area contributed by atoms with Gasteiger partial charge in [-0.2, -0.15) is 18.4 Å². The molecule has 1 aromatic carbocycles. The average Bonchev–Trinajstić information content (AvgIpc) is 2.97. The Morgan fingerprint density at radius 3 is 2.52 bits per heavy atom. The van der Waals surface area contributed by atoms with Crippen LogP contribution < -0.4 is 5.32 Å². The third kappa shape index (κ3) is 5.04. The molecule has 0 unspecified atom stereocenters. The van der Waals surface area contributed by atoms with E-state index in [2.05, 4.69) is 16.4 Å². The van der Waals surface area contributed by atoms with Crippen LogP contribution in [0.25, 0.3) is 11.0 Å². The summed E-state index contributed by atoms with van der Waals surface area (Å²) >= 11 is 1.17. The highest BCUT2D eigenvalue weighted by atomic mass is 32.2. The van der Waals surface area contributed by atoms with E-state index in [1.54, 1.807) is 18.4 Å². The van der Waals surface area contributed by atoms with Gasteiger partial charge in [0.2, 0.25) is 5.91 Å². The zero-order chi connectivity index (χ0) is 22.0. The van der Waals surface area contributed by atoms with Gasteiger partial charge in [0.15, 0.2) is 5.16 Å². The molecule has 0 aliphatic carbocycles. The van der Waals surface area contributed by atoms with Crippen LogP contribution in [0.2, 0.25) is 0 Å². The molecule has 2 rings (SSSR count). The number of imidazole rings is 1. The summed E-state index contributed by atoms with van der Waals surface area (Å²) < 4.78 is 41.0. The van der Waals surface area contributed by atoms with Crippen molar-refractivity contribution < 1.29 is 18.0 Å². The van der Waals surface area contributed by atoms with Gasteiger partial charge in [0.25, 0.3) is 0 Å². The summed E-state index contributed by atoms with van der Waals surface area (Å²) in [6, 6.07) is 5.59. The Labute approximate surface area is 172 Å². The van der Waals surface area contributed by atoms with Gasteiger partial charge in [-0.05, 0) is 44.4 Å². The van der Waals surface area contributed by atoms with Crippen molar-refractivity contribution >= 4 is 28.7 Å². The predicted molar refractivity (Wildman–Crippen MR) is 107 cm³/mol. The molecular weight excluding hydrogens is 401 g/mol. The minimum absolute atomic E-state index is 0.0842. The first-order valence-corrected chi connectivity index (χ1v) is 10.3. The molecule has 29 heavy (non-hydrogen) atoms. The molecule has 1 amide bonds. The average molecular weight is 427 g/mol. The van der Waals surface area contributed by atoms with Crippen LogP contribution in [0, 0.1) is 17.2 Å². The molecule has 158 valence electrons. The molecule has 2 aromatic rings. The summed E-state index contributed by atoms with van der Waals surface area (Å²) in [6.45, 7) is 9.45. The maximum absolute atomic E-state index is 13.1. The summed E-state index contributed by atoms with van der Waals surface area (Å²) in [4.78, 5) is 17.1. The standard InChI is InChI=1S/C20H25F3N4OS/c1-6-9-27-16-10-14(20(21,22)23)7-8-15(16)25-18(27)29-13(4)17(28)26-19(5,11-24)12(2)3/h7-8,10,12-13H,6,9H2,1-5H3,(H,26,28)/t13-,19-/m1/s1. The van der Waals surface area contributed by atoms with Gasteiger partial charge in [-0.1, -0.05) is 32.5 Å². The second-order valence-electron chi connectivity index (χ2n) is 7.47. The van der Waals surface area contributed by atoms with E-state index in [1.807, 2.05) is 20.8 Å². The molecule has 0 bridgehead atoms. The quantitative estimate of drug-likeness (QED) is 0.633. The highest BCUT2D eigenvalue weighted by molar-refractivity contribution is 8.00. The van der Waals surface area contributed by atoms with Crippen LogP contribution in [0.3, 0.4) is 0 Å². The highest BCUT2D eigenvalue weighted by Gasteiger charge is 2.33. The normalized spacial score (nSPS) is 15.2. The number of aromatic nitrogens is 2. The van der Waals surface area contributed by atoms with E-state index in [0.717, 1.165) is 12.1 Å². The lowest BCUT2D eigenvalue weighted by Crippen LogP contribution is -2.51. The number of nitrogens with one attached hydrogen (secondary N) is 1. The second kappa shape index (κ2) is 8.66. The molecule has 2 atom stereocenters. The SMILES string of the molecule is CCCn1c(S[C@H](C)C(=O)N[C@](C)(C#N)C(C)C)nc2ccc(C(F)(F)F)cc21. The molecule has 1 aromatic heterocycles. The summed E-state index contributed by atoms with van der Waals surface area (Å²) in [5, 5.41) is 12.1. The third-order valence-electron chi connectivity index (χ3n) is 4.91. The van der Waals surface area contributed by atoms with Gasteiger partial charge in [-0.25, -0.2) is 4.98 Å². The van der Waals surface area contributed by atoms with Gasteiger partial charge in [0.05, 0.1) is 27.9 Å². The molecule has 0 saturated carbocycles. The summed E-state index contributed by atoms with van der Waals surface area (Å²) in [7, 11) is 0. The maximum atomic E-state index is 13.1. The topological polar surface area (TPSA) is 70.7 Å². The van der Waals surface area contributed by atoms with Crippen molar-refractivity contribution in [2.45, 2.75) is 69.7 Å². The predicted octanol–water partition coefficient (Wildman–Crippen LogP) is 5.00. The van der Waals surface area contributed by atoms with Crippen molar-refractivity contribution in [3.63, 3.8) is 0 Å². The molecule has 0 aliphatic heterocycles. The first-order chi connectivity index (χ1) is 13.4. The largest absolute Gasteiger partial charge is 0.416 e. The Morgan fingerprint density at radius 1 is 1.34 bits per heavy atom. The van der Waals surface area contributed by atoms with Crippen molar-refractivity contribution in [1.29, 1.82) is 5.26 Å². The smallest absolute Gasteiger partial charge is 0.337 e. The van der Waals surface area contributed by atoms with Gasteiger partial charge in [0.1, 0.15) is 5.54 Å². The van der Waals surface area contributed by atoms with Crippen molar-refractivity contribution in [1.82, 2.24) is 14.9 Å². The molecule has 0 radical (unpaired) electrons. The number of amides is 1. The Bertz CT molecular complexity index is 932. The molecule has 0 saturated heterocycles. The lowest BCUT2D eigenvalue weighted by atomic mass is 9.90. The van der Waals surface area contributed by atoms with Crippen molar-refractivity contribution in [3.8, 4) is 6.07 Å². The molecule has 5 nitrogen and oxygen atoms in total. The number of carbonyl (C=O) groups is 1. The number of halogens is 3. The van der Waals surface area contributed by atoms with Crippen LogP contribution >= 0.6 is 11.8 Å². The number of nitriles is 1. The van der Waals surface area contributed by atoms with Crippen molar-refractivity contribution in [3.05, 3.63) is 23.8 Å². The van der Waals surface area contributed by atoms with E-state index < -0.39 is 22.5 Å². The minimum Gasteiger partial charge on any atom is -0.337 e. The first kappa shape index (κ1) is 23.1. The second-order valence-corrected chi connectivity index (χ2v) is 8.77. The summed E-state index contributed by atoms with van der Waals surface area (Å²) in [5.74, 6) is -0.405. The van der Waals surface area contributed by atoms with E-state index in [9.17, 15) is 23.2 Å².